The van der Waals surface area contributed by atoms with Gasteiger partial charge in [0.2, 0.25) is 0 Å². The largest absolute Gasteiger partial charge is 0.465 e. The summed E-state index contributed by atoms with van der Waals surface area (Å²) in [4.78, 5) is 12.2. The molecule has 0 fully saturated rings. The molecule has 5 heteroatoms. The summed E-state index contributed by atoms with van der Waals surface area (Å²) in [5.41, 5.74) is 1.99. The molecule has 0 radical (unpaired) electrons. The summed E-state index contributed by atoms with van der Waals surface area (Å²) in [6, 6.07) is 4.66. The topological polar surface area (TPSA) is 52.6 Å². The van der Waals surface area contributed by atoms with Crippen LogP contribution in [0.1, 0.15) is 11.1 Å². The minimum atomic E-state index is -1.04. The number of carboxylic acid groups (broad SMARTS) is 1. The van der Waals surface area contributed by atoms with Gasteiger partial charge in [0, 0.05) is 13.1 Å². The number of carbonyl (C=O) groups is 1. The molecule has 1 aromatic carbocycles. The highest BCUT2D eigenvalue weighted by molar-refractivity contribution is 5.64. The highest BCUT2D eigenvalue weighted by Crippen LogP contribution is 2.22. The molecule has 0 spiro atoms. The van der Waals surface area contributed by atoms with Crippen molar-refractivity contribution >= 4 is 6.09 Å². The third-order valence-electron chi connectivity index (χ3n) is 2.41. The SMILES string of the molecule is O=C(O)NCN1Cc2ccc(F)cc2C1. The van der Waals surface area contributed by atoms with Crippen LogP contribution in [-0.2, 0) is 13.1 Å². The summed E-state index contributed by atoms with van der Waals surface area (Å²) in [6.07, 6.45) is -1.04. The molecule has 0 aromatic heterocycles. The molecule has 1 aliphatic heterocycles. The predicted octanol–water partition coefficient (Wildman–Crippen LogP) is 1.37. The lowest BCUT2D eigenvalue weighted by molar-refractivity contribution is 0.179. The molecule has 0 atom stereocenters. The average molecular weight is 210 g/mol. The zero-order valence-electron chi connectivity index (χ0n) is 8.03. The van der Waals surface area contributed by atoms with Gasteiger partial charge in [-0.25, -0.2) is 9.18 Å². The van der Waals surface area contributed by atoms with Gasteiger partial charge < -0.3 is 10.4 Å². The van der Waals surface area contributed by atoms with Gasteiger partial charge in [-0.05, 0) is 23.3 Å². The number of benzene rings is 1. The van der Waals surface area contributed by atoms with E-state index >= 15 is 0 Å². The number of hydrogen-bond donors (Lipinski definition) is 2. The van der Waals surface area contributed by atoms with Crippen molar-refractivity contribution in [3.8, 4) is 0 Å². The summed E-state index contributed by atoms with van der Waals surface area (Å²) >= 11 is 0. The monoisotopic (exact) mass is 210 g/mol. The van der Waals surface area contributed by atoms with Crippen molar-refractivity contribution in [2.45, 2.75) is 13.1 Å². The summed E-state index contributed by atoms with van der Waals surface area (Å²) < 4.78 is 12.9. The van der Waals surface area contributed by atoms with E-state index in [0.29, 0.717) is 13.1 Å². The Kier molecular flexibility index (Phi) is 2.55. The molecule has 15 heavy (non-hydrogen) atoms. The van der Waals surface area contributed by atoms with Crippen LogP contribution in [0.2, 0.25) is 0 Å². The first-order valence-corrected chi connectivity index (χ1v) is 4.61. The van der Waals surface area contributed by atoms with E-state index < -0.39 is 6.09 Å². The first kappa shape index (κ1) is 9.92. The minimum Gasteiger partial charge on any atom is -0.465 e. The Labute approximate surface area is 86.3 Å². The molecule has 4 nitrogen and oxygen atoms in total. The molecule has 1 aliphatic rings. The second-order valence-electron chi connectivity index (χ2n) is 3.54. The molecule has 0 aliphatic carbocycles. The number of hydrogen-bond acceptors (Lipinski definition) is 2. The number of fused-ring (bicyclic) bond motifs is 1. The second-order valence-corrected chi connectivity index (χ2v) is 3.54. The normalized spacial score (nSPS) is 15.0. The molecule has 0 unspecified atom stereocenters. The van der Waals surface area contributed by atoms with Crippen molar-refractivity contribution < 1.29 is 14.3 Å². The Hall–Kier alpha value is -1.62. The maximum atomic E-state index is 12.9. The molecule has 0 saturated carbocycles. The Morgan fingerprint density at radius 1 is 1.47 bits per heavy atom. The maximum absolute atomic E-state index is 12.9. The van der Waals surface area contributed by atoms with E-state index in [0.717, 1.165) is 11.1 Å². The van der Waals surface area contributed by atoms with Gasteiger partial charge in [0.15, 0.2) is 0 Å². The van der Waals surface area contributed by atoms with Gasteiger partial charge in [0.25, 0.3) is 0 Å². The highest BCUT2D eigenvalue weighted by atomic mass is 19.1. The van der Waals surface area contributed by atoms with Crippen LogP contribution in [0.5, 0.6) is 0 Å². The van der Waals surface area contributed by atoms with Gasteiger partial charge in [-0.15, -0.1) is 0 Å². The summed E-state index contributed by atoms with van der Waals surface area (Å²) in [7, 11) is 0. The van der Waals surface area contributed by atoms with Crippen LogP contribution >= 0.6 is 0 Å². The Bertz CT molecular complexity index is 395. The van der Waals surface area contributed by atoms with Crippen LogP contribution in [0.15, 0.2) is 18.2 Å². The lowest BCUT2D eigenvalue weighted by atomic mass is 10.1. The second kappa shape index (κ2) is 3.86. The van der Waals surface area contributed by atoms with Gasteiger partial charge in [0.1, 0.15) is 5.82 Å². The van der Waals surface area contributed by atoms with E-state index in [4.69, 9.17) is 5.11 Å². The quantitative estimate of drug-likeness (QED) is 0.775. The molecule has 1 heterocycles. The maximum Gasteiger partial charge on any atom is 0.405 e. The number of amides is 1. The van der Waals surface area contributed by atoms with Crippen LogP contribution in [-0.4, -0.2) is 22.8 Å². The molecule has 0 bridgehead atoms. The third kappa shape index (κ3) is 2.24. The molecule has 2 N–H and O–H groups in total. The standard InChI is InChI=1S/C10H11FN2O2/c11-9-2-1-7-4-13(5-8(7)3-9)6-12-10(14)15/h1-3,12H,4-6H2,(H,14,15). The average Bonchev–Trinajstić information content (AvgIpc) is 2.56. The van der Waals surface area contributed by atoms with Crippen LogP contribution in [0.3, 0.4) is 0 Å². The lowest BCUT2D eigenvalue weighted by Gasteiger charge is -2.13. The number of halogens is 1. The molecular formula is C10H11FN2O2. The number of nitrogens with zero attached hydrogens (tertiary/aromatic N) is 1. The van der Waals surface area contributed by atoms with Gasteiger partial charge in [-0.2, -0.15) is 0 Å². The van der Waals surface area contributed by atoms with Gasteiger partial charge in [-0.1, -0.05) is 6.07 Å². The fourth-order valence-corrected chi connectivity index (χ4v) is 1.72. The molecule has 1 amide bonds. The smallest absolute Gasteiger partial charge is 0.405 e. The van der Waals surface area contributed by atoms with Crippen LogP contribution in [0.4, 0.5) is 9.18 Å². The molecule has 1 aromatic rings. The van der Waals surface area contributed by atoms with E-state index in [1.807, 2.05) is 4.90 Å². The van der Waals surface area contributed by atoms with E-state index in [1.165, 1.54) is 12.1 Å². The zero-order chi connectivity index (χ0) is 10.8. The van der Waals surface area contributed by atoms with Crippen LogP contribution < -0.4 is 5.32 Å². The van der Waals surface area contributed by atoms with E-state index in [9.17, 15) is 9.18 Å². The van der Waals surface area contributed by atoms with Gasteiger partial charge in [0.05, 0.1) is 6.67 Å². The fraction of sp³-hybridized carbons (Fsp3) is 0.300. The van der Waals surface area contributed by atoms with Crippen LogP contribution in [0, 0.1) is 5.82 Å². The van der Waals surface area contributed by atoms with Gasteiger partial charge in [-0.3, -0.25) is 4.90 Å². The van der Waals surface area contributed by atoms with Gasteiger partial charge >= 0.3 is 6.09 Å². The predicted molar refractivity (Wildman–Crippen MR) is 51.7 cm³/mol. The summed E-state index contributed by atoms with van der Waals surface area (Å²) in [6.45, 7) is 1.52. The molecule has 2 rings (SSSR count). The van der Waals surface area contributed by atoms with Crippen molar-refractivity contribution in [1.29, 1.82) is 0 Å². The molecule has 80 valence electrons. The Morgan fingerprint density at radius 3 is 2.93 bits per heavy atom. The first-order chi connectivity index (χ1) is 7.15. The summed E-state index contributed by atoms with van der Waals surface area (Å²) in [5, 5.41) is 10.7. The van der Waals surface area contributed by atoms with Crippen molar-refractivity contribution in [3.63, 3.8) is 0 Å². The minimum absolute atomic E-state index is 0.248. The lowest BCUT2D eigenvalue weighted by Crippen LogP contribution is -2.33. The van der Waals surface area contributed by atoms with Crippen LogP contribution in [0.25, 0.3) is 0 Å². The van der Waals surface area contributed by atoms with E-state index in [2.05, 4.69) is 5.32 Å². The van der Waals surface area contributed by atoms with Crippen molar-refractivity contribution in [3.05, 3.63) is 35.1 Å². The van der Waals surface area contributed by atoms with Crippen molar-refractivity contribution in [1.82, 2.24) is 10.2 Å². The highest BCUT2D eigenvalue weighted by Gasteiger charge is 2.19. The van der Waals surface area contributed by atoms with E-state index in [1.54, 1.807) is 6.07 Å². The number of rotatable bonds is 2. The number of nitrogens with one attached hydrogen (secondary N) is 1. The molecular weight excluding hydrogens is 199 g/mol. The molecule has 0 saturated heterocycles. The Balaban J connectivity index is 2.00. The van der Waals surface area contributed by atoms with Crippen molar-refractivity contribution in [2.24, 2.45) is 0 Å². The third-order valence-corrected chi connectivity index (χ3v) is 2.41. The first-order valence-electron chi connectivity index (χ1n) is 4.61. The fourth-order valence-electron chi connectivity index (χ4n) is 1.72. The van der Waals surface area contributed by atoms with Crippen molar-refractivity contribution in [2.75, 3.05) is 6.67 Å². The van der Waals surface area contributed by atoms with E-state index in [-0.39, 0.29) is 12.5 Å². The summed E-state index contributed by atoms with van der Waals surface area (Å²) in [5.74, 6) is -0.248. The zero-order valence-corrected chi connectivity index (χ0v) is 8.03. The Morgan fingerprint density at radius 2 is 2.20 bits per heavy atom.